The maximum absolute atomic E-state index is 5.72. The highest BCUT2D eigenvalue weighted by atomic mass is 28.4. The topological polar surface area (TPSA) is 9.23 Å². The first-order valence-corrected chi connectivity index (χ1v) is 7.36. The van der Waals surface area contributed by atoms with Gasteiger partial charge in [-0.1, -0.05) is 18.7 Å². The lowest BCUT2D eigenvalue weighted by Gasteiger charge is -2.20. The van der Waals surface area contributed by atoms with Crippen molar-refractivity contribution in [1.82, 2.24) is 0 Å². The monoisotopic (exact) mass is 168 g/mol. The lowest BCUT2D eigenvalue weighted by atomic mass is 10.4. The van der Waals surface area contributed by atoms with Crippen molar-refractivity contribution in [2.75, 3.05) is 0 Å². The molecule has 2 heteroatoms. The van der Waals surface area contributed by atoms with E-state index in [0.29, 0.717) is 5.92 Å². The molecule has 1 fully saturated rings. The smallest absolute Gasteiger partial charge is 0.241 e. The second-order valence-corrected chi connectivity index (χ2v) is 8.52. The molecule has 0 aromatic carbocycles. The van der Waals surface area contributed by atoms with Gasteiger partial charge in [0.25, 0.3) is 0 Å². The van der Waals surface area contributed by atoms with Crippen LogP contribution >= 0.6 is 0 Å². The Bertz CT molecular complexity index is 200. The molecule has 0 heterocycles. The molecule has 1 saturated carbocycles. The van der Waals surface area contributed by atoms with Crippen LogP contribution in [-0.2, 0) is 4.43 Å². The molecule has 1 aliphatic rings. The summed E-state index contributed by atoms with van der Waals surface area (Å²) in [5.41, 5.74) is 1.27. The molecule has 0 saturated heterocycles. The molecular formula is C9H16OSi. The second-order valence-electron chi connectivity index (χ2n) is 4.10. The van der Waals surface area contributed by atoms with E-state index in [9.17, 15) is 0 Å². The van der Waals surface area contributed by atoms with E-state index in [2.05, 4.69) is 32.8 Å². The van der Waals surface area contributed by atoms with Crippen LogP contribution in [0.4, 0.5) is 0 Å². The minimum atomic E-state index is -1.41. The van der Waals surface area contributed by atoms with Gasteiger partial charge in [-0.15, -0.1) is 0 Å². The van der Waals surface area contributed by atoms with Crippen LogP contribution in [0.1, 0.15) is 6.42 Å². The first kappa shape index (κ1) is 8.59. The van der Waals surface area contributed by atoms with Crippen LogP contribution in [0.25, 0.3) is 0 Å². The van der Waals surface area contributed by atoms with Gasteiger partial charge >= 0.3 is 0 Å². The molecule has 0 N–H and O–H groups in total. The molecule has 1 aliphatic carbocycles. The van der Waals surface area contributed by atoms with Gasteiger partial charge in [0.2, 0.25) is 8.32 Å². The number of hydrogen-bond acceptors (Lipinski definition) is 1. The number of allylic oxidation sites excluding steroid dienone is 1. The van der Waals surface area contributed by atoms with Gasteiger partial charge in [0.05, 0.1) is 5.76 Å². The van der Waals surface area contributed by atoms with Gasteiger partial charge in [0.1, 0.15) is 0 Å². The Morgan fingerprint density at radius 3 is 2.27 bits per heavy atom. The lowest BCUT2D eigenvalue weighted by molar-refractivity contribution is 0.398. The number of rotatable bonds is 3. The maximum Gasteiger partial charge on any atom is 0.241 e. The first-order chi connectivity index (χ1) is 4.90. The standard InChI is InChI=1S/C9H16OSi/c1-7-6-9(7)8(2)10-11(3,4)5/h9H,1-2,6H2,3-5H3. The molecule has 0 aromatic heterocycles. The maximum atomic E-state index is 5.72. The normalized spacial score (nSPS) is 23.2. The van der Waals surface area contributed by atoms with Crippen LogP contribution in [0, 0.1) is 5.92 Å². The highest BCUT2D eigenvalue weighted by Crippen LogP contribution is 2.42. The summed E-state index contributed by atoms with van der Waals surface area (Å²) >= 11 is 0. The van der Waals surface area contributed by atoms with Crippen LogP contribution in [-0.4, -0.2) is 8.32 Å². The minimum Gasteiger partial charge on any atom is -0.547 e. The molecule has 1 atom stereocenters. The van der Waals surface area contributed by atoms with E-state index in [1.165, 1.54) is 5.57 Å². The minimum absolute atomic E-state index is 0.474. The zero-order chi connectivity index (χ0) is 8.65. The van der Waals surface area contributed by atoms with E-state index >= 15 is 0 Å². The van der Waals surface area contributed by atoms with Crippen molar-refractivity contribution in [3.63, 3.8) is 0 Å². The quantitative estimate of drug-likeness (QED) is 0.358. The van der Waals surface area contributed by atoms with E-state index in [1.807, 2.05) is 0 Å². The molecule has 1 unspecified atom stereocenters. The van der Waals surface area contributed by atoms with Gasteiger partial charge in [-0.3, -0.25) is 0 Å². The third kappa shape index (κ3) is 2.54. The zero-order valence-electron chi connectivity index (χ0n) is 7.61. The SMILES string of the molecule is C=C1CC1C(=C)O[Si](C)(C)C. The van der Waals surface area contributed by atoms with E-state index in [1.54, 1.807) is 0 Å². The van der Waals surface area contributed by atoms with Crippen molar-refractivity contribution in [1.29, 1.82) is 0 Å². The van der Waals surface area contributed by atoms with Gasteiger partial charge in [0, 0.05) is 5.92 Å². The predicted molar refractivity (Wildman–Crippen MR) is 50.8 cm³/mol. The molecule has 62 valence electrons. The Morgan fingerprint density at radius 2 is 2.00 bits per heavy atom. The Balaban J connectivity index is 2.39. The number of hydrogen-bond donors (Lipinski definition) is 0. The van der Waals surface area contributed by atoms with Crippen molar-refractivity contribution in [3.8, 4) is 0 Å². The highest BCUT2D eigenvalue weighted by molar-refractivity contribution is 6.70. The van der Waals surface area contributed by atoms with Gasteiger partial charge in [0.15, 0.2) is 0 Å². The fourth-order valence-electron chi connectivity index (χ4n) is 1.01. The third-order valence-electron chi connectivity index (χ3n) is 1.62. The van der Waals surface area contributed by atoms with Crippen molar-refractivity contribution in [2.24, 2.45) is 5.92 Å². The molecule has 0 radical (unpaired) electrons. The first-order valence-electron chi connectivity index (χ1n) is 3.95. The molecule has 1 rings (SSSR count). The van der Waals surface area contributed by atoms with Crippen LogP contribution in [0.2, 0.25) is 19.6 Å². The molecule has 0 spiro atoms. The molecule has 11 heavy (non-hydrogen) atoms. The Kier molecular flexibility index (Phi) is 1.97. The highest BCUT2D eigenvalue weighted by Gasteiger charge is 2.33. The molecule has 1 nitrogen and oxygen atoms in total. The van der Waals surface area contributed by atoms with Gasteiger partial charge < -0.3 is 4.43 Å². The summed E-state index contributed by atoms with van der Waals surface area (Å²) in [7, 11) is -1.41. The third-order valence-corrected chi connectivity index (χ3v) is 2.50. The van der Waals surface area contributed by atoms with Crippen LogP contribution in [0.5, 0.6) is 0 Å². The van der Waals surface area contributed by atoms with Crippen LogP contribution < -0.4 is 0 Å². The van der Waals surface area contributed by atoms with Gasteiger partial charge in [-0.2, -0.15) is 0 Å². The summed E-state index contributed by atoms with van der Waals surface area (Å²) < 4.78 is 5.72. The summed E-state index contributed by atoms with van der Waals surface area (Å²) in [5.74, 6) is 1.41. The average Bonchev–Trinajstić information content (AvgIpc) is 2.41. The molecule has 0 aromatic rings. The van der Waals surface area contributed by atoms with E-state index in [0.717, 1.165) is 12.2 Å². The largest absolute Gasteiger partial charge is 0.547 e. The summed E-state index contributed by atoms with van der Waals surface area (Å²) in [6.07, 6.45) is 1.09. The van der Waals surface area contributed by atoms with Crippen LogP contribution in [0.3, 0.4) is 0 Å². The summed E-state index contributed by atoms with van der Waals surface area (Å²) in [6.45, 7) is 14.3. The predicted octanol–water partition coefficient (Wildman–Crippen LogP) is 2.93. The average molecular weight is 168 g/mol. The van der Waals surface area contributed by atoms with Gasteiger partial charge in [-0.05, 0) is 26.1 Å². The molecule has 0 amide bonds. The molecule has 0 bridgehead atoms. The van der Waals surface area contributed by atoms with Crippen molar-refractivity contribution < 1.29 is 4.43 Å². The van der Waals surface area contributed by atoms with E-state index in [-0.39, 0.29) is 0 Å². The van der Waals surface area contributed by atoms with E-state index in [4.69, 9.17) is 4.43 Å². The fraction of sp³-hybridized carbons (Fsp3) is 0.556. The van der Waals surface area contributed by atoms with Crippen molar-refractivity contribution in [3.05, 3.63) is 24.5 Å². The summed E-state index contributed by atoms with van der Waals surface area (Å²) in [6, 6.07) is 0. The summed E-state index contributed by atoms with van der Waals surface area (Å²) in [4.78, 5) is 0. The van der Waals surface area contributed by atoms with E-state index < -0.39 is 8.32 Å². The lowest BCUT2D eigenvalue weighted by Crippen LogP contribution is -2.25. The summed E-state index contributed by atoms with van der Waals surface area (Å²) in [5, 5.41) is 0. The fourth-order valence-corrected chi connectivity index (χ4v) is 1.94. The Hall–Kier alpha value is -0.503. The molecular weight excluding hydrogens is 152 g/mol. The van der Waals surface area contributed by atoms with Crippen molar-refractivity contribution in [2.45, 2.75) is 26.1 Å². The van der Waals surface area contributed by atoms with Gasteiger partial charge in [-0.25, -0.2) is 0 Å². The Morgan fingerprint density at radius 1 is 1.55 bits per heavy atom. The Labute approximate surface area is 69.9 Å². The van der Waals surface area contributed by atoms with Crippen molar-refractivity contribution >= 4 is 8.32 Å². The zero-order valence-corrected chi connectivity index (χ0v) is 8.61. The second kappa shape index (κ2) is 2.52. The van der Waals surface area contributed by atoms with Crippen LogP contribution in [0.15, 0.2) is 24.5 Å². The molecule has 0 aliphatic heterocycles.